The van der Waals surface area contributed by atoms with E-state index in [0.717, 1.165) is 25.9 Å². The largest absolute Gasteiger partial charge is 0.311 e. The fraction of sp³-hybridized carbons (Fsp3) is 1.00. The zero-order valence-electron chi connectivity index (χ0n) is 11.6. The minimum Gasteiger partial charge on any atom is -0.311 e. The summed E-state index contributed by atoms with van der Waals surface area (Å²) in [5.41, 5.74) is 0. The number of nitrogens with one attached hydrogen (secondary N) is 1. The molecule has 0 saturated carbocycles. The number of hydrogen-bond acceptors (Lipinski definition) is 4. The highest BCUT2D eigenvalue weighted by atomic mass is 32.2. The Morgan fingerprint density at radius 2 is 2.11 bits per heavy atom. The van der Waals surface area contributed by atoms with Gasteiger partial charge < -0.3 is 5.32 Å². The summed E-state index contributed by atoms with van der Waals surface area (Å²) in [6, 6.07) is 1.32. The van der Waals surface area contributed by atoms with Crippen LogP contribution in [0, 0.1) is 0 Å². The molecule has 4 nitrogen and oxygen atoms in total. The van der Waals surface area contributed by atoms with Crippen molar-refractivity contribution in [1.29, 1.82) is 0 Å². The molecule has 1 N–H and O–H groups in total. The van der Waals surface area contributed by atoms with Gasteiger partial charge in [0.2, 0.25) is 0 Å². The molecule has 0 aliphatic carbocycles. The van der Waals surface area contributed by atoms with Crippen LogP contribution >= 0.6 is 0 Å². The smallest absolute Gasteiger partial charge is 0.151 e. The van der Waals surface area contributed by atoms with Crippen molar-refractivity contribution in [2.24, 2.45) is 0 Å². The molecule has 0 amide bonds. The lowest BCUT2D eigenvalue weighted by Gasteiger charge is -2.43. The average molecular weight is 274 g/mol. The fourth-order valence-corrected chi connectivity index (χ4v) is 5.04. The van der Waals surface area contributed by atoms with Crippen LogP contribution in [0.5, 0.6) is 0 Å². The average Bonchev–Trinajstić information content (AvgIpc) is 2.70. The maximum atomic E-state index is 11.6. The van der Waals surface area contributed by atoms with Crippen LogP contribution in [0.4, 0.5) is 0 Å². The summed E-state index contributed by atoms with van der Waals surface area (Å²) in [5.74, 6) is 0.763. The third-order valence-corrected chi connectivity index (χ3v) is 6.08. The van der Waals surface area contributed by atoms with E-state index in [1.165, 1.54) is 12.8 Å². The first-order valence-corrected chi connectivity index (χ1v) is 9.07. The quantitative estimate of drug-likeness (QED) is 0.832. The molecular weight excluding hydrogens is 248 g/mol. The molecule has 106 valence electrons. The van der Waals surface area contributed by atoms with Gasteiger partial charge in [-0.1, -0.05) is 20.3 Å². The SMILES string of the molecule is CCCC1CN(C2CCS(=O)(=O)C2)C(CC)CN1. The Kier molecular flexibility index (Phi) is 4.67. The van der Waals surface area contributed by atoms with E-state index in [2.05, 4.69) is 24.1 Å². The van der Waals surface area contributed by atoms with Crippen LogP contribution in [-0.4, -0.2) is 56.0 Å². The Labute approximate surface area is 111 Å². The standard InChI is InChI=1S/C13H26N2O2S/c1-3-5-11-9-15(12(4-2)8-14-11)13-6-7-18(16,17)10-13/h11-14H,3-10H2,1-2H3. The van der Waals surface area contributed by atoms with Crippen LogP contribution in [0.15, 0.2) is 0 Å². The van der Waals surface area contributed by atoms with Gasteiger partial charge in [0.15, 0.2) is 9.84 Å². The first kappa shape index (κ1) is 14.3. The highest BCUT2D eigenvalue weighted by Gasteiger charge is 2.37. The van der Waals surface area contributed by atoms with E-state index < -0.39 is 9.84 Å². The number of piperazine rings is 1. The van der Waals surface area contributed by atoms with Gasteiger partial charge in [-0.2, -0.15) is 0 Å². The maximum Gasteiger partial charge on any atom is 0.151 e. The van der Waals surface area contributed by atoms with E-state index in [0.29, 0.717) is 23.6 Å². The summed E-state index contributed by atoms with van der Waals surface area (Å²) in [6.07, 6.45) is 4.30. The van der Waals surface area contributed by atoms with E-state index in [-0.39, 0.29) is 6.04 Å². The molecule has 3 unspecified atom stereocenters. The van der Waals surface area contributed by atoms with E-state index >= 15 is 0 Å². The molecule has 0 aromatic carbocycles. The summed E-state index contributed by atoms with van der Waals surface area (Å²) in [6.45, 7) is 6.44. The van der Waals surface area contributed by atoms with Crippen molar-refractivity contribution < 1.29 is 8.42 Å². The predicted molar refractivity (Wildman–Crippen MR) is 74.5 cm³/mol. The molecule has 2 saturated heterocycles. The normalized spacial score (nSPS) is 36.9. The van der Waals surface area contributed by atoms with Crippen molar-refractivity contribution >= 4 is 9.84 Å². The summed E-state index contributed by atoms with van der Waals surface area (Å²) >= 11 is 0. The molecule has 2 fully saturated rings. The van der Waals surface area contributed by atoms with E-state index in [4.69, 9.17) is 0 Å². The van der Waals surface area contributed by atoms with Gasteiger partial charge in [0.05, 0.1) is 11.5 Å². The second-order valence-corrected chi connectivity index (χ2v) is 7.94. The highest BCUT2D eigenvalue weighted by molar-refractivity contribution is 7.91. The van der Waals surface area contributed by atoms with Gasteiger partial charge in [0.1, 0.15) is 0 Å². The first-order chi connectivity index (χ1) is 8.55. The second kappa shape index (κ2) is 5.88. The Bertz CT molecular complexity index is 369. The molecule has 2 rings (SSSR count). The maximum absolute atomic E-state index is 11.6. The van der Waals surface area contributed by atoms with Gasteiger partial charge in [0, 0.05) is 31.2 Å². The van der Waals surface area contributed by atoms with Gasteiger partial charge in [-0.15, -0.1) is 0 Å². The van der Waals surface area contributed by atoms with Crippen molar-refractivity contribution in [1.82, 2.24) is 10.2 Å². The first-order valence-electron chi connectivity index (χ1n) is 7.25. The molecule has 0 aromatic rings. The Morgan fingerprint density at radius 3 is 2.67 bits per heavy atom. The van der Waals surface area contributed by atoms with Crippen LogP contribution in [0.3, 0.4) is 0 Å². The summed E-state index contributed by atoms with van der Waals surface area (Å²) < 4.78 is 23.3. The van der Waals surface area contributed by atoms with Crippen LogP contribution in [0.25, 0.3) is 0 Å². The predicted octanol–water partition coefficient (Wildman–Crippen LogP) is 1.03. The van der Waals surface area contributed by atoms with Crippen LogP contribution < -0.4 is 5.32 Å². The van der Waals surface area contributed by atoms with Gasteiger partial charge in [-0.05, 0) is 19.3 Å². The van der Waals surface area contributed by atoms with Gasteiger partial charge >= 0.3 is 0 Å². The van der Waals surface area contributed by atoms with Crippen molar-refractivity contribution in [2.75, 3.05) is 24.6 Å². The molecule has 2 aliphatic rings. The topological polar surface area (TPSA) is 49.4 Å². The van der Waals surface area contributed by atoms with Crippen molar-refractivity contribution in [2.45, 2.75) is 57.7 Å². The second-order valence-electron chi connectivity index (χ2n) is 5.71. The Morgan fingerprint density at radius 1 is 1.33 bits per heavy atom. The number of sulfone groups is 1. The van der Waals surface area contributed by atoms with Gasteiger partial charge in [-0.3, -0.25) is 4.90 Å². The number of nitrogens with zero attached hydrogens (tertiary/aromatic N) is 1. The Hall–Kier alpha value is -0.130. The minimum atomic E-state index is -2.77. The van der Waals surface area contributed by atoms with E-state index in [1.54, 1.807) is 0 Å². The Balaban J connectivity index is 2.02. The van der Waals surface area contributed by atoms with Gasteiger partial charge in [-0.25, -0.2) is 8.42 Å². The van der Waals surface area contributed by atoms with E-state index in [1.807, 2.05) is 0 Å². The molecule has 0 bridgehead atoms. The molecular formula is C13H26N2O2S. The van der Waals surface area contributed by atoms with Crippen LogP contribution in [0.2, 0.25) is 0 Å². The fourth-order valence-electron chi connectivity index (χ4n) is 3.29. The van der Waals surface area contributed by atoms with Crippen molar-refractivity contribution in [3.05, 3.63) is 0 Å². The molecule has 0 radical (unpaired) electrons. The molecule has 0 aromatic heterocycles. The van der Waals surface area contributed by atoms with Crippen molar-refractivity contribution in [3.63, 3.8) is 0 Å². The third kappa shape index (κ3) is 3.25. The molecule has 3 atom stereocenters. The highest BCUT2D eigenvalue weighted by Crippen LogP contribution is 2.24. The molecule has 2 heterocycles. The monoisotopic (exact) mass is 274 g/mol. The number of hydrogen-bond donors (Lipinski definition) is 1. The van der Waals surface area contributed by atoms with Gasteiger partial charge in [0.25, 0.3) is 0 Å². The minimum absolute atomic E-state index is 0.265. The third-order valence-electron chi connectivity index (χ3n) is 4.33. The number of rotatable bonds is 4. The lowest BCUT2D eigenvalue weighted by Crippen LogP contribution is -2.59. The molecule has 0 spiro atoms. The summed E-state index contributed by atoms with van der Waals surface area (Å²) in [7, 11) is -2.77. The molecule has 5 heteroatoms. The zero-order chi connectivity index (χ0) is 13.2. The molecule has 18 heavy (non-hydrogen) atoms. The summed E-state index contributed by atoms with van der Waals surface area (Å²) in [5, 5.41) is 3.60. The molecule has 2 aliphatic heterocycles. The lowest BCUT2D eigenvalue weighted by atomic mass is 10.0. The zero-order valence-corrected chi connectivity index (χ0v) is 12.4. The van der Waals surface area contributed by atoms with E-state index in [9.17, 15) is 8.42 Å². The van der Waals surface area contributed by atoms with Crippen LogP contribution in [-0.2, 0) is 9.84 Å². The van der Waals surface area contributed by atoms with Crippen molar-refractivity contribution in [3.8, 4) is 0 Å². The lowest BCUT2D eigenvalue weighted by molar-refractivity contribution is 0.0865. The summed E-state index contributed by atoms with van der Waals surface area (Å²) in [4.78, 5) is 2.47. The van der Waals surface area contributed by atoms with Crippen LogP contribution in [0.1, 0.15) is 39.5 Å².